The van der Waals surface area contributed by atoms with E-state index < -0.39 is 5.97 Å². The number of amides is 1. The molecule has 5 nitrogen and oxygen atoms in total. The second kappa shape index (κ2) is 5.84. The average molecular weight is 228 g/mol. The monoisotopic (exact) mass is 228 g/mol. The van der Waals surface area contributed by atoms with Crippen molar-refractivity contribution in [2.45, 2.75) is 20.3 Å². The maximum Gasteiger partial charge on any atom is 0.305 e. The number of hydrogen-bond donors (Lipinski definition) is 2. The number of rotatable bonds is 5. The minimum absolute atomic E-state index is 0.00810. The topological polar surface area (TPSA) is 69.6 Å². The molecule has 1 aliphatic rings. The summed E-state index contributed by atoms with van der Waals surface area (Å²) < 4.78 is 0. The fraction of sp³-hybridized carbons (Fsp3) is 0.818. The van der Waals surface area contributed by atoms with Crippen LogP contribution in [0.4, 0.5) is 0 Å². The van der Waals surface area contributed by atoms with Crippen molar-refractivity contribution in [3.05, 3.63) is 0 Å². The Kier molecular flexibility index (Phi) is 4.73. The fourth-order valence-electron chi connectivity index (χ4n) is 2.03. The van der Waals surface area contributed by atoms with Gasteiger partial charge in [-0.05, 0) is 19.4 Å². The number of carboxylic acids is 1. The van der Waals surface area contributed by atoms with E-state index in [4.69, 9.17) is 5.11 Å². The van der Waals surface area contributed by atoms with E-state index in [1.54, 1.807) is 4.90 Å². The quantitative estimate of drug-likeness (QED) is 0.703. The number of carboxylic acid groups (broad SMARTS) is 1. The Morgan fingerprint density at radius 2 is 2.12 bits per heavy atom. The summed E-state index contributed by atoms with van der Waals surface area (Å²) in [4.78, 5) is 24.2. The van der Waals surface area contributed by atoms with E-state index >= 15 is 0 Å². The standard InChI is InChI=1S/C11H20N2O3/c1-3-13(5-4-10(14)15)11(16)9-7-12-6-8(9)2/h8-9,12H,3-7H2,1-2H3,(H,14,15)/t8-,9-/m1/s1. The third-order valence-electron chi connectivity index (χ3n) is 3.12. The van der Waals surface area contributed by atoms with Crippen LogP contribution in [0.1, 0.15) is 20.3 Å². The summed E-state index contributed by atoms with van der Waals surface area (Å²) in [6, 6.07) is 0. The SMILES string of the molecule is CCN(CCC(=O)O)C(=O)[C@@H]1CNC[C@H]1C. The third-order valence-corrected chi connectivity index (χ3v) is 3.12. The largest absolute Gasteiger partial charge is 0.481 e. The van der Waals surface area contributed by atoms with Crippen LogP contribution in [0.15, 0.2) is 0 Å². The van der Waals surface area contributed by atoms with E-state index in [9.17, 15) is 9.59 Å². The molecule has 0 saturated carbocycles. The van der Waals surface area contributed by atoms with Crippen LogP contribution in [0.3, 0.4) is 0 Å². The number of carbonyl (C=O) groups excluding carboxylic acids is 1. The number of nitrogens with zero attached hydrogens (tertiary/aromatic N) is 1. The van der Waals surface area contributed by atoms with Gasteiger partial charge in [0.1, 0.15) is 0 Å². The Morgan fingerprint density at radius 1 is 1.44 bits per heavy atom. The van der Waals surface area contributed by atoms with E-state index in [0.717, 1.165) is 6.54 Å². The molecule has 2 N–H and O–H groups in total. The lowest BCUT2D eigenvalue weighted by Crippen LogP contribution is -2.39. The van der Waals surface area contributed by atoms with Gasteiger partial charge in [-0.1, -0.05) is 6.92 Å². The van der Waals surface area contributed by atoms with Crippen LogP contribution in [0.2, 0.25) is 0 Å². The van der Waals surface area contributed by atoms with Crippen LogP contribution >= 0.6 is 0 Å². The Hall–Kier alpha value is -1.10. The summed E-state index contributed by atoms with van der Waals surface area (Å²) >= 11 is 0. The molecular weight excluding hydrogens is 208 g/mol. The molecule has 0 aromatic heterocycles. The molecule has 0 unspecified atom stereocenters. The van der Waals surface area contributed by atoms with Crippen LogP contribution < -0.4 is 5.32 Å². The van der Waals surface area contributed by atoms with E-state index in [1.807, 2.05) is 13.8 Å². The lowest BCUT2D eigenvalue weighted by atomic mass is 9.96. The molecule has 5 heteroatoms. The average Bonchev–Trinajstić information content (AvgIpc) is 2.64. The van der Waals surface area contributed by atoms with Gasteiger partial charge in [-0.2, -0.15) is 0 Å². The molecule has 1 aliphatic heterocycles. The minimum Gasteiger partial charge on any atom is -0.481 e. The summed E-state index contributed by atoms with van der Waals surface area (Å²) in [5.74, 6) is -0.426. The highest BCUT2D eigenvalue weighted by molar-refractivity contribution is 5.80. The summed E-state index contributed by atoms with van der Waals surface area (Å²) in [5, 5.41) is 11.8. The van der Waals surface area contributed by atoms with Gasteiger partial charge in [-0.3, -0.25) is 9.59 Å². The number of hydrogen-bond acceptors (Lipinski definition) is 3. The second-order valence-electron chi connectivity index (χ2n) is 4.30. The fourth-order valence-corrected chi connectivity index (χ4v) is 2.03. The molecule has 1 heterocycles. The lowest BCUT2D eigenvalue weighted by molar-refractivity contribution is -0.139. The highest BCUT2D eigenvalue weighted by Gasteiger charge is 2.32. The Morgan fingerprint density at radius 3 is 2.56 bits per heavy atom. The van der Waals surface area contributed by atoms with Crippen LogP contribution in [-0.2, 0) is 9.59 Å². The maximum absolute atomic E-state index is 12.1. The molecule has 1 amide bonds. The molecule has 16 heavy (non-hydrogen) atoms. The van der Waals surface area contributed by atoms with Crippen molar-refractivity contribution in [1.82, 2.24) is 10.2 Å². The normalized spacial score (nSPS) is 24.4. The van der Waals surface area contributed by atoms with E-state index in [-0.39, 0.29) is 18.2 Å². The van der Waals surface area contributed by atoms with Crippen molar-refractivity contribution in [1.29, 1.82) is 0 Å². The molecule has 1 rings (SSSR count). The predicted octanol–water partition coefficient (Wildman–Crippen LogP) is 0.165. The minimum atomic E-state index is -0.858. The summed E-state index contributed by atoms with van der Waals surface area (Å²) in [5.41, 5.74) is 0. The molecule has 0 spiro atoms. The molecule has 0 aromatic carbocycles. The summed E-state index contributed by atoms with van der Waals surface area (Å²) in [6.45, 7) is 6.40. The zero-order valence-corrected chi connectivity index (χ0v) is 9.90. The van der Waals surface area contributed by atoms with Crippen LogP contribution in [-0.4, -0.2) is 48.1 Å². The van der Waals surface area contributed by atoms with Gasteiger partial charge >= 0.3 is 5.97 Å². The molecule has 0 aliphatic carbocycles. The number of aliphatic carboxylic acids is 1. The van der Waals surface area contributed by atoms with Gasteiger partial charge in [0.25, 0.3) is 0 Å². The maximum atomic E-state index is 12.1. The Balaban J connectivity index is 2.51. The first-order chi connectivity index (χ1) is 7.56. The summed E-state index contributed by atoms with van der Waals surface area (Å²) in [6.07, 6.45) is 0.0219. The molecule has 92 valence electrons. The zero-order valence-electron chi connectivity index (χ0n) is 9.90. The van der Waals surface area contributed by atoms with Gasteiger partial charge in [-0.15, -0.1) is 0 Å². The summed E-state index contributed by atoms with van der Waals surface area (Å²) in [7, 11) is 0. The van der Waals surface area contributed by atoms with E-state index in [0.29, 0.717) is 25.6 Å². The number of carbonyl (C=O) groups is 2. The van der Waals surface area contributed by atoms with Gasteiger partial charge in [0.05, 0.1) is 12.3 Å². The highest BCUT2D eigenvalue weighted by atomic mass is 16.4. The second-order valence-corrected chi connectivity index (χ2v) is 4.30. The van der Waals surface area contributed by atoms with Gasteiger partial charge in [0.2, 0.25) is 5.91 Å². The van der Waals surface area contributed by atoms with E-state index in [2.05, 4.69) is 5.32 Å². The molecule has 0 bridgehead atoms. The first-order valence-electron chi connectivity index (χ1n) is 5.77. The van der Waals surface area contributed by atoms with Crippen molar-refractivity contribution in [2.24, 2.45) is 11.8 Å². The Bertz CT molecular complexity index is 268. The number of nitrogens with one attached hydrogen (secondary N) is 1. The Labute approximate surface area is 95.8 Å². The first kappa shape index (κ1) is 13.0. The molecule has 1 fully saturated rings. The van der Waals surface area contributed by atoms with Gasteiger partial charge in [-0.25, -0.2) is 0 Å². The van der Waals surface area contributed by atoms with Crippen molar-refractivity contribution < 1.29 is 14.7 Å². The first-order valence-corrected chi connectivity index (χ1v) is 5.77. The molecule has 0 radical (unpaired) electrons. The van der Waals surface area contributed by atoms with Crippen molar-refractivity contribution in [3.8, 4) is 0 Å². The van der Waals surface area contributed by atoms with Crippen molar-refractivity contribution >= 4 is 11.9 Å². The predicted molar refractivity (Wildman–Crippen MR) is 60.0 cm³/mol. The van der Waals surface area contributed by atoms with Crippen molar-refractivity contribution in [2.75, 3.05) is 26.2 Å². The van der Waals surface area contributed by atoms with E-state index in [1.165, 1.54) is 0 Å². The van der Waals surface area contributed by atoms with Crippen LogP contribution in [0.5, 0.6) is 0 Å². The van der Waals surface area contributed by atoms with Gasteiger partial charge < -0.3 is 15.3 Å². The molecule has 2 atom stereocenters. The smallest absolute Gasteiger partial charge is 0.305 e. The highest BCUT2D eigenvalue weighted by Crippen LogP contribution is 2.18. The lowest BCUT2D eigenvalue weighted by Gasteiger charge is -2.25. The van der Waals surface area contributed by atoms with Crippen LogP contribution in [0, 0.1) is 11.8 Å². The third kappa shape index (κ3) is 3.20. The van der Waals surface area contributed by atoms with Crippen molar-refractivity contribution in [3.63, 3.8) is 0 Å². The van der Waals surface area contributed by atoms with Crippen LogP contribution in [0.25, 0.3) is 0 Å². The molecular formula is C11H20N2O3. The molecule has 0 aromatic rings. The van der Waals surface area contributed by atoms with Gasteiger partial charge in [0.15, 0.2) is 0 Å². The molecule has 1 saturated heterocycles. The zero-order chi connectivity index (χ0) is 12.1. The van der Waals surface area contributed by atoms with Gasteiger partial charge in [0, 0.05) is 19.6 Å².